The van der Waals surface area contributed by atoms with E-state index in [-0.39, 0.29) is 11.8 Å². The maximum absolute atomic E-state index is 12.6. The molecule has 1 aromatic carbocycles. The number of carboxylic acid groups (broad SMARTS) is 1. The Morgan fingerprint density at radius 3 is 2.38 bits per heavy atom. The molecule has 1 N–H and O–H groups in total. The van der Waals surface area contributed by atoms with Crippen LogP contribution in [-0.4, -0.2) is 84.0 Å². The Bertz CT molecular complexity index is 687. The molecule has 26 heavy (non-hydrogen) atoms. The molecule has 0 bridgehead atoms. The van der Waals surface area contributed by atoms with Crippen LogP contribution < -0.4 is 0 Å². The van der Waals surface area contributed by atoms with Gasteiger partial charge < -0.3 is 14.9 Å². The minimum absolute atomic E-state index is 0.103. The summed E-state index contributed by atoms with van der Waals surface area (Å²) in [6.45, 7) is 4.53. The quantitative estimate of drug-likeness (QED) is 0.882. The Morgan fingerprint density at radius 2 is 1.77 bits per heavy atom. The number of carbonyl (C=O) groups is 2. The molecule has 0 saturated carbocycles. The number of hydrogen-bond acceptors (Lipinski definition) is 4. The van der Waals surface area contributed by atoms with Crippen LogP contribution in [0.1, 0.15) is 23.2 Å². The van der Waals surface area contributed by atoms with Gasteiger partial charge in [0.2, 0.25) is 0 Å². The van der Waals surface area contributed by atoms with Crippen molar-refractivity contribution in [1.29, 1.82) is 0 Å². The molecule has 4 rings (SSSR count). The Balaban J connectivity index is 1.37. The highest BCUT2D eigenvalue weighted by molar-refractivity contribution is 5.94. The Labute approximate surface area is 154 Å². The molecule has 1 amide bonds. The van der Waals surface area contributed by atoms with Crippen LogP contribution in [0.2, 0.25) is 0 Å². The van der Waals surface area contributed by atoms with E-state index in [9.17, 15) is 14.7 Å². The first-order chi connectivity index (χ1) is 12.5. The summed E-state index contributed by atoms with van der Waals surface area (Å²) in [5, 5.41) is 9.84. The number of carboxylic acids is 1. The zero-order valence-corrected chi connectivity index (χ0v) is 15.3. The average molecular weight is 357 g/mol. The molecule has 0 aliphatic carbocycles. The Morgan fingerprint density at radius 1 is 1.08 bits per heavy atom. The lowest BCUT2D eigenvalue weighted by Gasteiger charge is -2.37. The smallest absolute Gasteiger partial charge is 0.312 e. The van der Waals surface area contributed by atoms with Gasteiger partial charge in [-0.3, -0.25) is 14.5 Å². The van der Waals surface area contributed by atoms with Gasteiger partial charge >= 0.3 is 5.97 Å². The van der Waals surface area contributed by atoms with Crippen molar-refractivity contribution in [2.24, 2.45) is 11.3 Å². The molecule has 0 radical (unpaired) electrons. The number of piperidine rings is 1. The number of nitrogens with zero attached hydrogens (tertiary/aromatic N) is 3. The van der Waals surface area contributed by atoms with Crippen LogP contribution in [0.25, 0.3) is 0 Å². The van der Waals surface area contributed by atoms with Gasteiger partial charge in [0.25, 0.3) is 5.91 Å². The molecule has 6 nitrogen and oxygen atoms in total. The molecule has 0 aromatic heterocycles. The van der Waals surface area contributed by atoms with Crippen molar-refractivity contribution in [2.75, 3.05) is 46.3 Å². The number of hydrogen-bond donors (Lipinski definition) is 1. The normalized spacial score (nSPS) is 30.5. The third kappa shape index (κ3) is 2.91. The summed E-state index contributed by atoms with van der Waals surface area (Å²) in [5.41, 5.74) is 0.140. The fourth-order valence-electron chi connectivity index (χ4n) is 5.13. The van der Waals surface area contributed by atoms with Crippen LogP contribution in [0.4, 0.5) is 0 Å². The van der Waals surface area contributed by atoms with E-state index in [2.05, 4.69) is 9.80 Å². The number of carbonyl (C=O) groups excluding carboxylic acids is 1. The van der Waals surface area contributed by atoms with E-state index in [1.54, 1.807) is 0 Å². The SMILES string of the molecule is CN1C[C@@H]2CN(C3CCN(C(=O)c4ccccc4)CC3)C[C@]2(C(=O)O)C1. The number of fused-ring (bicyclic) bond motifs is 1. The van der Waals surface area contributed by atoms with Crippen molar-refractivity contribution in [3.63, 3.8) is 0 Å². The zero-order chi connectivity index (χ0) is 18.3. The minimum Gasteiger partial charge on any atom is -0.481 e. The Hall–Kier alpha value is -1.92. The van der Waals surface area contributed by atoms with Gasteiger partial charge in [-0.25, -0.2) is 0 Å². The molecule has 0 spiro atoms. The van der Waals surface area contributed by atoms with E-state index < -0.39 is 11.4 Å². The van der Waals surface area contributed by atoms with Crippen LogP contribution in [0.15, 0.2) is 30.3 Å². The summed E-state index contributed by atoms with van der Waals surface area (Å²) in [7, 11) is 2.01. The minimum atomic E-state index is -0.647. The molecule has 1 aromatic rings. The number of aliphatic carboxylic acids is 1. The first-order valence-corrected chi connectivity index (χ1v) is 9.50. The monoisotopic (exact) mass is 357 g/mol. The van der Waals surface area contributed by atoms with Crippen molar-refractivity contribution >= 4 is 11.9 Å². The van der Waals surface area contributed by atoms with E-state index >= 15 is 0 Å². The number of amides is 1. The summed E-state index contributed by atoms with van der Waals surface area (Å²) < 4.78 is 0. The summed E-state index contributed by atoms with van der Waals surface area (Å²) in [4.78, 5) is 31.0. The molecule has 0 unspecified atom stereocenters. The predicted octanol–water partition coefficient (Wildman–Crippen LogP) is 1.24. The molecule has 3 heterocycles. The van der Waals surface area contributed by atoms with Gasteiger partial charge in [0.1, 0.15) is 0 Å². The van der Waals surface area contributed by atoms with Crippen molar-refractivity contribution in [3.8, 4) is 0 Å². The maximum atomic E-state index is 12.6. The molecule has 3 fully saturated rings. The van der Waals surface area contributed by atoms with Crippen molar-refractivity contribution in [3.05, 3.63) is 35.9 Å². The van der Waals surface area contributed by atoms with E-state index in [4.69, 9.17) is 0 Å². The van der Waals surface area contributed by atoms with Gasteiger partial charge in [0.15, 0.2) is 0 Å². The van der Waals surface area contributed by atoms with Gasteiger partial charge in [-0.05, 0) is 32.0 Å². The fourth-order valence-corrected chi connectivity index (χ4v) is 5.13. The van der Waals surface area contributed by atoms with Gasteiger partial charge in [-0.1, -0.05) is 18.2 Å². The lowest BCUT2D eigenvalue weighted by Crippen LogP contribution is -2.48. The van der Waals surface area contributed by atoms with Crippen molar-refractivity contribution in [1.82, 2.24) is 14.7 Å². The van der Waals surface area contributed by atoms with E-state index in [0.29, 0.717) is 19.1 Å². The highest BCUT2D eigenvalue weighted by Crippen LogP contribution is 2.43. The van der Waals surface area contributed by atoms with Crippen molar-refractivity contribution in [2.45, 2.75) is 18.9 Å². The van der Waals surface area contributed by atoms with Crippen LogP contribution in [0.3, 0.4) is 0 Å². The highest BCUT2D eigenvalue weighted by Gasteiger charge is 2.57. The van der Waals surface area contributed by atoms with Crippen LogP contribution in [0, 0.1) is 11.3 Å². The first-order valence-electron chi connectivity index (χ1n) is 9.50. The van der Waals surface area contributed by atoms with Crippen LogP contribution in [0.5, 0.6) is 0 Å². The number of likely N-dealkylation sites (tertiary alicyclic amines) is 3. The standard InChI is InChI=1S/C20H27N3O3/c1-21-11-16-12-23(14-20(16,13-21)19(25)26)17-7-9-22(10-8-17)18(24)15-5-3-2-4-6-15/h2-6,16-17H,7-14H2,1H3,(H,25,26)/t16-,20-/m1/s1. The third-order valence-electron chi connectivity index (χ3n) is 6.52. The topological polar surface area (TPSA) is 64.1 Å². The van der Waals surface area contributed by atoms with E-state index in [1.165, 1.54) is 0 Å². The highest BCUT2D eigenvalue weighted by atomic mass is 16.4. The summed E-state index contributed by atoms with van der Waals surface area (Å²) >= 11 is 0. The predicted molar refractivity (Wildman–Crippen MR) is 98.0 cm³/mol. The summed E-state index contributed by atoms with van der Waals surface area (Å²) in [6, 6.07) is 9.83. The van der Waals surface area contributed by atoms with Crippen LogP contribution >= 0.6 is 0 Å². The fraction of sp³-hybridized carbons (Fsp3) is 0.600. The summed E-state index contributed by atoms with van der Waals surface area (Å²) in [5.74, 6) is -0.328. The first kappa shape index (κ1) is 17.5. The van der Waals surface area contributed by atoms with E-state index in [1.807, 2.05) is 42.3 Å². The second-order valence-corrected chi connectivity index (χ2v) is 8.17. The number of rotatable bonds is 3. The molecule has 140 valence electrons. The second-order valence-electron chi connectivity index (χ2n) is 8.17. The molecule has 2 atom stereocenters. The molecular formula is C20H27N3O3. The lowest BCUT2D eigenvalue weighted by atomic mass is 9.81. The van der Waals surface area contributed by atoms with Crippen LogP contribution in [-0.2, 0) is 4.79 Å². The molecule has 3 saturated heterocycles. The van der Waals surface area contributed by atoms with Gasteiger partial charge in [0, 0.05) is 56.8 Å². The molecular weight excluding hydrogens is 330 g/mol. The second kappa shape index (κ2) is 6.67. The van der Waals surface area contributed by atoms with E-state index in [0.717, 1.165) is 44.6 Å². The molecule has 3 aliphatic heterocycles. The van der Waals surface area contributed by atoms with Gasteiger partial charge in [-0.15, -0.1) is 0 Å². The zero-order valence-electron chi connectivity index (χ0n) is 15.3. The lowest BCUT2D eigenvalue weighted by molar-refractivity contribution is -0.149. The van der Waals surface area contributed by atoms with Gasteiger partial charge in [0.05, 0.1) is 5.41 Å². The number of benzene rings is 1. The van der Waals surface area contributed by atoms with Crippen molar-refractivity contribution < 1.29 is 14.7 Å². The molecule has 3 aliphatic rings. The Kier molecular flexibility index (Phi) is 4.49. The van der Waals surface area contributed by atoms with Gasteiger partial charge in [-0.2, -0.15) is 0 Å². The maximum Gasteiger partial charge on any atom is 0.312 e. The summed E-state index contributed by atoms with van der Waals surface area (Å²) in [6.07, 6.45) is 1.85. The third-order valence-corrected chi connectivity index (χ3v) is 6.52. The largest absolute Gasteiger partial charge is 0.481 e. The average Bonchev–Trinajstić information content (AvgIpc) is 3.16. The molecule has 6 heteroatoms.